The number of hydrogen-bond acceptors (Lipinski definition) is 5. The molecule has 4 nitrogen and oxygen atoms in total. The fourth-order valence-corrected chi connectivity index (χ4v) is 3.85. The topological polar surface area (TPSA) is 68.2 Å². The molecule has 1 atom stereocenters. The molecule has 1 aliphatic heterocycles. The second-order valence-corrected chi connectivity index (χ2v) is 7.09. The van der Waals surface area contributed by atoms with Gasteiger partial charge in [-0.05, 0) is 49.2 Å². The van der Waals surface area contributed by atoms with Crippen molar-refractivity contribution in [2.24, 2.45) is 5.73 Å². The number of thiazole rings is 1. The molecule has 24 heavy (non-hydrogen) atoms. The molecule has 0 spiro atoms. The molecule has 0 amide bonds. The van der Waals surface area contributed by atoms with Gasteiger partial charge in [0.1, 0.15) is 6.17 Å². The van der Waals surface area contributed by atoms with Gasteiger partial charge in [0.15, 0.2) is 0 Å². The summed E-state index contributed by atoms with van der Waals surface area (Å²) in [5.74, 6) is 0. The highest BCUT2D eigenvalue weighted by Gasteiger charge is 2.23. The Kier molecular flexibility index (Phi) is 4.25. The van der Waals surface area contributed by atoms with E-state index in [4.69, 9.17) is 11.5 Å². The molecular formula is C18H19ClN4S. The molecule has 1 aliphatic rings. The molecule has 6 heteroatoms. The summed E-state index contributed by atoms with van der Waals surface area (Å²) in [6, 6.07) is 10.4. The maximum Gasteiger partial charge on any atom is 0.108 e. The van der Waals surface area contributed by atoms with Crippen LogP contribution in [0.1, 0.15) is 27.9 Å². The summed E-state index contributed by atoms with van der Waals surface area (Å²) in [7, 11) is 0. The highest BCUT2D eigenvalue weighted by atomic mass is 35.5. The normalized spacial score (nSPS) is 16.1. The molecule has 0 fully saturated rings. The van der Waals surface area contributed by atoms with Crippen LogP contribution in [0.15, 0.2) is 36.5 Å². The number of rotatable bonds is 1. The van der Waals surface area contributed by atoms with Crippen LogP contribution >= 0.6 is 23.7 Å². The Balaban J connectivity index is 0.00000169. The first-order valence-electron chi connectivity index (χ1n) is 7.53. The number of nitrogens with zero attached hydrogens (tertiary/aromatic N) is 2. The number of anilines is 2. The third-order valence-electron chi connectivity index (χ3n) is 4.34. The van der Waals surface area contributed by atoms with Crippen molar-refractivity contribution < 1.29 is 0 Å². The minimum atomic E-state index is -0.255. The molecule has 4 N–H and O–H groups in total. The van der Waals surface area contributed by atoms with Gasteiger partial charge in [-0.1, -0.05) is 12.1 Å². The summed E-state index contributed by atoms with van der Waals surface area (Å²) < 4.78 is 1.20. The summed E-state index contributed by atoms with van der Waals surface area (Å²) in [5, 5.41) is 1.07. The molecule has 0 aliphatic carbocycles. The standard InChI is InChI=1S/C18H18N4S.ClH/c1-10-3-5-14-13(17(10)19)7-8-22(18(14)20)12-4-6-16-15(9-12)21-11(2)23-16;/h3-9,18H,19-20H2,1-2H3;1H. The van der Waals surface area contributed by atoms with E-state index in [0.29, 0.717) is 0 Å². The monoisotopic (exact) mass is 358 g/mol. The Morgan fingerprint density at radius 3 is 2.75 bits per heavy atom. The molecule has 0 saturated carbocycles. The third kappa shape index (κ3) is 2.55. The maximum absolute atomic E-state index is 6.49. The first-order valence-corrected chi connectivity index (χ1v) is 8.34. The van der Waals surface area contributed by atoms with E-state index in [9.17, 15) is 0 Å². The molecule has 2 aromatic carbocycles. The van der Waals surface area contributed by atoms with Crippen molar-refractivity contribution in [3.05, 3.63) is 58.2 Å². The van der Waals surface area contributed by atoms with E-state index in [1.165, 1.54) is 4.70 Å². The lowest BCUT2D eigenvalue weighted by Gasteiger charge is -2.33. The largest absolute Gasteiger partial charge is 0.398 e. The lowest BCUT2D eigenvalue weighted by molar-refractivity contribution is 0.723. The van der Waals surface area contributed by atoms with Crippen LogP contribution in [0, 0.1) is 13.8 Å². The molecule has 124 valence electrons. The average molecular weight is 359 g/mol. The Bertz CT molecular complexity index is 948. The number of nitrogens with two attached hydrogens (primary N) is 2. The molecule has 1 aromatic heterocycles. The van der Waals surface area contributed by atoms with Crippen LogP contribution in [-0.4, -0.2) is 4.98 Å². The fraction of sp³-hybridized carbons (Fsp3) is 0.167. The van der Waals surface area contributed by atoms with Crippen LogP contribution in [0.25, 0.3) is 16.3 Å². The van der Waals surface area contributed by atoms with Crippen molar-refractivity contribution in [1.82, 2.24) is 4.98 Å². The number of aryl methyl sites for hydroxylation is 2. The first-order chi connectivity index (χ1) is 11.0. The van der Waals surface area contributed by atoms with Crippen molar-refractivity contribution in [2.45, 2.75) is 20.0 Å². The van der Waals surface area contributed by atoms with E-state index in [-0.39, 0.29) is 18.6 Å². The quantitative estimate of drug-likeness (QED) is 0.634. The second-order valence-electron chi connectivity index (χ2n) is 5.85. The van der Waals surface area contributed by atoms with Crippen molar-refractivity contribution in [1.29, 1.82) is 0 Å². The van der Waals surface area contributed by atoms with E-state index in [0.717, 1.165) is 38.6 Å². The van der Waals surface area contributed by atoms with Crippen molar-refractivity contribution in [3.63, 3.8) is 0 Å². The zero-order valence-electron chi connectivity index (χ0n) is 13.5. The molecule has 4 rings (SSSR count). The summed E-state index contributed by atoms with van der Waals surface area (Å²) in [6.07, 6.45) is 3.79. The average Bonchev–Trinajstić information content (AvgIpc) is 2.90. The van der Waals surface area contributed by atoms with E-state index >= 15 is 0 Å². The SMILES string of the molecule is Cc1nc2cc(N3C=Cc4c(ccc(C)c4N)C3N)ccc2s1.Cl. The minimum Gasteiger partial charge on any atom is -0.398 e. The number of fused-ring (bicyclic) bond motifs is 2. The van der Waals surface area contributed by atoms with Gasteiger partial charge in [0.05, 0.1) is 15.2 Å². The van der Waals surface area contributed by atoms with Gasteiger partial charge < -0.3 is 16.4 Å². The van der Waals surface area contributed by atoms with Crippen LogP contribution in [-0.2, 0) is 0 Å². The van der Waals surface area contributed by atoms with Crippen LogP contribution in [0.4, 0.5) is 11.4 Å². The van der Waals surface area contributed by atoms with E-state index in [2.05, 4.69) is 34.1 Å². The molecule has 3 aromatic rings. The van der Waals surface area contributed by atoms with Gasteiger partial charge in [-0.15, -0.1) is 23.7 Å². The third-order valence-corrected chi connectivity index (χ3v) is 5.29. The molecule has 0 bridgehead atoms. The van der Waals surface area contributed by atoms with Gasteiger partial charge in [0.25, 0.3) is 0 Å². The highest BCUT2D eigenvalue weighted by molar-refractivity contribution is 7.18. The molecule has 2 heterocycles. The maximum atomic E-state index is 6.49. The Hall–Kier alpha value is -2.08. The van der Waals surface area contributed by atoms with E-state index in [1.807, 2.05) is 32.2 Å². The fourth-order valence-electron chi connectivity index (χ4n) is 3.04. The first kappa shape index (κ1) is 16.8. The zero-order chi connectivity index (χ0) is 16.1. The second kappa shape index (κ2) is 6.09. The van der Waals surface area contributed by atoms with Gasteiger partial charge in [0.2, 0.25) is 0 Å². The van der Waals surface area contributed by atoms with Gasteiger partial charge in [-0.2, -0.15) is 0 Å². The summed E-state index contributed by atoms with van der Waals surface area (Å²) in [4.78, 5) is 6.63. The number of hydrogen-bond donors (Lipinski definition) is 2. The van der Waals surface area contributed by atoms with Gasteiger partial charge in [0, 0.05) is 23.1 Å². The number of aromatic nitrogens is 1. The predicted octanol–water partition coefficient (Wildman–Crippen LogP) is 4.37. The number of benzene rings is 2. The van der Waals surface area contributed by atoms with E-state index < -0.39 is 0 Å². The Morgan fingerprint density at radius 2 is 1.96 bits per heavy atom. The summed E-state index contributed by atoms with van der Waals surface area (Å²) >= 11 is 1.70. The molecule has 0 saturated heterocycles. The van der Waals surface area contributed by atoms with Crippen LogP contribution < -0.4 is 16.4 Å². The molecule has 0 radical (unpaired) electrons. The highest BCUT2D eigenvalue weighted by Crippen LogP contribution is 2.36. The van der Waals surface area contributed by atoms with Crippen LogP contribution in [0.3, 0.4) is 0 Å². The Labute approximate surface area is 151 Å². The number of halogens is 1. The van der Waals surface area contributed by atoms with Crippen molar-refractivity contribution in [2.75, 3.05) is 10.6 Å². The lowest BCUT2D eigenvalue weighted by atomic mass is 9.96. The van der Waals surface area contributed by atoms with Crippen molar-refractivity contribution in [3.8, 4) is 0 Å². The Morgan fingerprint density at radius 1 is 1.17 bits per heavy atom. The number of nitrogen functional groups attached to an aromatic ring is 1. The molecular weight excluding hydrogens is 340 g/mol. The van der Waals surface area contributed by atoms with E-state index in [1.54, 1.807) is 11.3 Å². The summed E-state index contributed by atoms with van der Waals surface area (Å²) in [5.41, 5.74) is 18.7. The predicted molar refractivity (Wildman–Crippen MR) is 106 cm³/mol. The van der Waals surface area contributed by atoms with Crippen molar-refractivity contribution >= 4 is 51.4 Å². The minimum absolute atomic E-state index is 0. The molecule has 1 unspecified atom stereocenters. The summed E-state index contributed by atoms with van der Waals surface area (Å²) in [6.45, 7) is 4.04. The van der Waals surface area contributed by atoms with Gasteiger partial charge in [-0.25, -0.2) is 4.98 Å². The van der Waals surface area contributed by atoms with Crippen LogP contribution in [0.2, 0.25) is 0 Å². The zero-order valence-corrected chi connectivity index (χ0v) is 15.1. The van der Waals surface area contributed by atoms with Crippen LogP contribution in [0.5, 0.6) is 0 Å². The van der Waals surface area contributed by atoms with Gasteiger partial charge >= 0.3 is 0 Å². The lowest BCUT2D eigenvalue weighted by Crippen LogP contribution is -2.33. The van der Waals surface area contributed by atoms with Gasteiger partial charge in [-0.3, -0.25) is 0 Å². The smallest absolute Gasteiger partial charge is 0.108 e.